The lowest BCUT2D eigenvalue weighted by molar-refractivity contribution is -0.391. The van der Waals surface area contributed by atoms with Crippen LogP contribution in [0, 0.1) is 50.2 Å². The Bertz CT molecular complexity index is 2340. The van der Waals surface area contributed by atoms with Crippen LogP contribution in [0.1, 0.15) is 127 Å². The number of hydrogen-bond donors (Lipinski definition) is 14. The quantitative estimate of drug-likeness (QED) is 0.0781. The van der Waals surface area contributed by atoms with Gasteiger partial charge in [0.25, 0.3) is 0 Å². The topological polar surface area (TPSA) is 393 Å². The van der Waals surface area contributed by atoms with Crippen LogP contribution >= 0.6 is 0 Å². The van der Waals surface area contributed by atoms with E-state index in [0.717, 1.165) is 44.9 Å². The highest BCUT2D eigenvalue weighted by Crippen LogP contribution is 2.76. The van der Waals surface area contributed by atoms with Crippen LogP contribution in [-0.4, -0.2) is 251 Å². The minimum Gasteiger partial charge on any atom is -0.481 e. The molecule has 0 aromatic heterocycles. The van der Waals surface area contributed by atoms with Crippen LogP contribution in [0.5, 0.6) is 0 Å². The van der Waals surface area contributed by atoms with E-state index in [4.69, 9.17) is 47.4 Å². The number of carboxylic acids is 1. The summed E-state index contributed by atoms with van der Waals surface area (Å²) in [5.74, 6) is -0.166. The molecule has 14 N–H and O–H groups in total. The first-order valence-electron chi connectivity index (χ1n) is 30.5. The van der Waals surface area contributed by atoms with E-state index in [1.165, 1.54) is 19.4 Å². The first-order chi connectivity index (χ1) is 39.3. The van der Waals surface area contributed by atoms with E-state index in [-0.39, 0.29) is 40.1 Å². The Morgan fingerprint density at radius 3 is 1.82 bits per heavy atom. The molecule has 25 nitrogen and oxygen atoms in total. The Morgan fingerprint density at radius 1 is 0.560 bits per heavy atom. The Morgan fingerprint density at radius 2 is 1.14 bits per heavy atom. The third-order valence-corrected chi connectivity index (χ3v) is 23.1. The minimum atomic E-state index is -2.07. The Kier molecular flexibility index (Phi) is 18.5. The number of aliphatic hydroxyl groups is 13. The molecule has 0 bridgehead atoms. The monoisotopic (exact) mass is 1200 g/mol. The molecule has 0 unspecified atom stereocenters. The fourth-order valence-corrected chi connectivity index (χ4v) is 17.6. The number of carbonyl (C=O) groups is 1. The number of fused-ring (bicyclic) bond motifs is 7. The average molecular weight is 1210 g/mol. The van der Waals surface area contributed by atoms with Gasteiger partial charge in [-0.3, -0.25) is 4.79 Å². The molecule has 5 aliphatic heterocycles. The molecule has 4 saturated carbocycles. The Labute approximate surface area is 490 Å². The van der Waals surface area contributed by atoms with Crippen molar-refractivity contribution in [3.8, 4) is 0 Å². The maximum Gasteiger partial charge on any atom is 0.310 e. The van der Waals surface area contributed by atoms with Gasteiger partial charge in [0.2, 0.25) is 0 Å². The van der Waals surface area contributed by atoms with Gasteiger partial charge in [-0.05, 0) is 123 Å². The third kappa shape index (κ3) is 10.9. The molecular weight excluding hydrogens is 1110 g/mol. The van der Waals surface area contributed by atoms with Crippen molar-refractivity contribution in [1.29, 1.82) is 0 Å². The molecule has 5 saturated heterocycles. The van der Waals surface area contributed by atoms with Crippen molar-refractivity contribution < 1.29 is 124 Å². The van der Waals surface area contributed by atoms with Crippen molar-refractivity contribution in [2.75, 3.05) is 19.8 Å². The number of hydrogen-bond acceptors (Lipinski definition) is 24. The number of aliphatic hydroxyl groups excluding tert-OH is 13. The molecule has 10 rings (SSSR count). The smallest absolute Gasteiger partial charge is 0.310 e. The zero-order chi connectivity index (χ0) is 61.3. The third-order valence-electron chi connectivity index (χ3n) is 23.1. The summed E-state index contributed by atoms with van der Waals surface area (Å²) in [5.41, 5.74) is -0.144. The second kappa shape index (κ2) is 23.8. The second-order valence-electron chi connectivity index (χ2n) is 28.7. The predicted molar refractivity (Wildman–Crippen MR) is 287 cm³/mol. The lowest BCUT2D eigenvalue weighted by Crippen LogP contribution is -2.67. The van der Waals surface area contributed by atoms with Crippen LogP contribution in [0.3, 0.4) is 0 Å². The molecule has 10 aliphatic rings. The number of carboxylic acid groups (broad SMARTS) is 1. The number of rotatable bonds is 13. The van der Waals surface area contributed by atoms with E-state index in [0.29, 0.717) is 25.2 Å². The van der Waals surface area contributed by atoms with Crippen molar-refractivity contribution in [3.05, 3.63) is 11.6 Å². The SMILES string of the molecule is C[C@@H]1O[C@@H](OC[C@H]2O[C@@H](O[C@H]3[C@H](O)[C@@H](O)[C@H](O[C@@H]4[C@@H](O)[C@H](C)O[C@@H](O[C@H]5[C@H](O[C@H]6CC[C@]7(C)[C@H]8CC=C9[C@@H]%10CC(C)(C)CC[C@]%10(C(=O)O)CC[C@@]9(C)[C@]8(C)CC[C@H]7C6(C)C)OC[C@H](O)[C@@H]5O)[C@@H]4O)O[C@@H]3CO)[C@H](O)[C@@H](O)[C@@H]2O)[C@H](O)[C@H](O)[C@H]1O. The van der Waals surface area contributed by atoms with Gasteiger partial charge in [0, 0.05) is 0 Å². The van der Waals surface area contributed by atoms with Crippen molar-refractivity contribution in [2.24, 2.45) is 50.2 Å². The number of aliphatic carboxylic acids is 1. The zero-order valence-corrected chi connectivity index (χ0v) is 49.7. The average Bonchev–Trinajstić information content (AvgIpc) is 0.719. The molecule has 84 heavy (non-hydrogen) atoms. The normalized spacial score (nSPS) is 54.7. The summed E-state index contributed by atoms with van der Waals surface area (Å²) in [5, 5.41) is 153. The summed E-state index contributed by atoms with van der Waals surface area (Å²) in [6.07, 6.45) is -29.6. The maximum absolute atomic E-state index is 13.2. The van der Waals surface area contributed by atoms with Gasteiger partial charge in [-0.2, -0.15) is 0 Å². The molecule has 9 fully saturated rings. The van der Waals surface area contributed by atoms with Gasteiger partial charge in [-0.15, -0.1) is 0 Å². The number of ether oxygens (including phenoxy) is 10. The van der Waals surface area contributed by atoms with Gasteiger partial charge in [0.1, 0.15) is 104 Å². The van der Waals surface area contributed by atoms with Crippen molar-refractivity contribution in [3.63, 3.8) is 0 Å². The molecule has 0 spiro atoms. The van der Waals surface area contributed by atoms with Crippen molar-refractivity contribution >= 4 is 5.97 Å². The van der Waals surface area contributed by atoms with Gasteiger partial charge >= 0.3 is 5.97 Å². The van der Waals surface area contributed by atoms with E-state index >= 15 is 0 Å². The van der Waals surface area contributed by atoms with Gasteiger partial charge in [-0.25, -0.2) is 0 Å². The van der Waals surface area contributed by atoms with Crippen LogP contribution in [0.2, 0.25) is 0 Å². The van der Waals surface area contributed by atoms with E-state index in [1.54, 1.807) is 0 Å². The van der Waals surface area contributed by atoms with E-state index in [9.17, 15) is 76.3 Å². The highest BCUT2D eigenvalue weighted by Gasteiger charge is 2.70. The van der Waals surface area contributed by atoms with Gasteiger partial charge < -0.3 is 119 Å². The first-order valence-corrected chi connectivity index (χ1v) is 30.5. The molecule has 0 amide bonds. The van der Waals surface area contributed by atoms with Gasteiger partial charge in [0.05, 0.1) is 43.5 Å². The van der Waals surface area contributed by atoms with Gasteiger partial charge in [0.15, 0.2) is 31.5 Å². The Balaban J connectivity index is 0.796. The molecule has 0 radical (unpaired) electrons. The van der Waals surface area contributed by atoms with Crippen LogP contribution < -0.4 is 0 Å². The zero-order valence-electron chi connectivity index (χ0n) is 49.7. The van der Waals surface area contributed by atoms with Crippen LogP contribution in [0.15, 0.2) is 11.6 Å². The molecule has 5 aliphatic carbocycles. The highest BCUT2D eigenvalue weighted by molar-refractivity contribution is 5.76. The molecule has 25 heteroatoms. The number of allylic oxidation sites excluding steroid dienone is 2. The fraction of sp³-hybridized carbons (Fsp3) is 0.949. The lowest BCUT2D eigenvalue weighted by Gasteiger charge is -2.71. The highest BCUT2D eigenvalue weighted by atomic mass is 16.8. The summed E-state index contributed by atoms with van der Waals surface area (Å²) in [6.45, 7) is 17.3. The van der Waals surface area contributed by atoms with E-state index < -0.39 is 184 Å². The summed E-state index contributed by atoms with van der Waals surface area (Å²) in [7, 11) is 0. The van der Waals surface area contributed by atoms with E-state index in [1.807, 2.05) is 0 Å². The predicted octanol–water partition coefficient (Wildman–Crippen LogP) is -0.951. The summed E-state index contributed by atoms with van der Waals surface area (Å²) >= 11 is 0. The van der Waals surface area contributed by atoms with Crippen LogP contribution in [0.4, 0.5) is 0 Å². The molecule has 482 valence electrons. The van der Waals surface area contributed by atoms with Crippen molar-refractivity contribution in [2.45, 2.75) is 280 Å². The molecular formula is C59H96O25. The van der Waals surface area contributed by atoms with Gasteiger partial charge in [-0.1, -0.05) is 60.1 Å². The molecule has 32 atom stereocenters. The molecule has 5 heterocycles. The van der Waals surface area contributed by atoms with Crippen molar-refractivity contribution in [1.82, 2.24) is 0 Å². The summed E-state index contributed by atoms with van der Waals surface area (Å²) < 4.78 is 59.6. The van der Waals surface area contributed by atoms with Crippen LogP contribution in [-0.2, 0) is 52.2 Å². The van der Waals surface area contributed by atoms with E-state index in [2.05, 4.69) is 54.5 Å². The fourth-order valence-electron chi connectivity index (χ4n) is 17.6. The summed E-state index contributed by atoms with van der Waals surface area (Å²) in [6, 6.07) is 0. The largest absolute Gasteiger partial charge is 0.481 e. The van der Waals surface area contributed by atoms with Crippen LogP contribution in [0.25, 0.3) is 0 Å². The molecule has 0 aromatic carbocycles. The first kappa shape index (κ1) is 65.2. The Hall–Kier alpha value is -1.71. The lowest BCUT2D eigenvalue weighted by atomic mass is 9.33. The summed E-state index contributed by atoms with van der Waals surface area (Å²) in [4.78, 5) is 13.2. The molecule has 0 aromatic rings. The standard InChI is InChI=1S/C59H96O25/c1-24-34(62)38(66)41(69)48(77-24)76-23-30-37(65)39(67)42(70)49(80-30)82-45-29(21-60)79-50(43(71)40(45)68)83-46-35(63)25(2)78-51(44(46)72)84-47-36(64)28(61)22-75-52(47)81-33-13-14-56(7)31(55(33,5)6)12-15-58(9)32(56)11-10-26-27-20-54(3,4)16-18-59(27,53(73)74)19-17-57(26,58)8/h10,24-25,27-52,60-72H,11-23H2,1-9H3,(H,73,74)/t24-,25-,27-,28-,29+,30+,31-,32+,33-,34-,35-,36-,37+,38+,39-,40+,41+,42+,43+,44+,45+,46+,47+,48+,49-,50-,51-,52-,56-,57+,58+,59-/m0/s1. The maximum atomic E-state index is 13.2. The minimum absolute atomic E-state index is 0.00326. The second-order valence-corrected chi connectivity index (χ2v) is 28.7.